The van der Waals surface area contributed by atoms with Crippen LogP contribution in [0.1, 0.15) is 12.5 Å². The zero-order valence-corrected chi connectivity index (χ0v) is 22.5. The van der Waals surface area contributed by atoms with E-state index in [0.29, 0.717) is 30.3 Å². The number of amides is 1. The second-order valence-corrected chi connectivity index (χ2v) is 11.5. The molecule has 0 heterocycles. The quantitative estimate of drug-likeness (QED) is 0.256. The fourth-order valence-electron chi connectivity index (χ4n) is 3.25. The monoisotopic (exact) mass is 530 g/mol. The molecule has 0 atom stereocenters. The van der Waals surface area contributed by atoms with E-state index in [2.05, 4.69) is 5.32 Å². The van der Waals surface area contributed by atoms with E-state index in [1.54, 1.807) is 60.3 Å². The molecule has 0 aliphatic rings. The minimum atomic E-state index is -3.96. The van der Waals surface area contributed by atoms with Crippen molar-refractivity contribution in [3.05, 3.63) is 78.4 Å². The maximum atomic E-state index is 13.5. The van der Waals surface area contributed by atoms with E-state index in [9.17, 15) is 13.2 Å². The van der Waals surface area contributed by atoms with Crippen molar-refractivity contribution in [2.75, 3.05) is 36.0 Å². The van der Waals surface area contributed by atoms with Crippen LogP contribution in [-0.4, -0.2) is 46.0 Å². The van der Waals surface area contributed by atoms with Gasteiger partial charge in [-0.25, -0.2) is 8.42 Å². The molecule has 0 bridgehead atoms. The molecule has 0 aliphatic carbocycles. The highest BCUT2D eigenvalue weighted by Crippen LogP contribution is 2.27. The summed E-state index contributed by atoms with van der Waals surface area (Å²) in [6.45, 7) is 4.53. The molecule has 1 N–H and O–H groups in total. The van der Waals surface area contributed by atoms with Gasteiger partial charge < -0.3 is 10.1 Å². The van der Waals surface area contributed by atoms with Gasteiger partial charge in [0.2, 0.25) is 5.91 Å². The lowest BCUT2D eigenvalue weighted by molar-refractivity contribution is -0.119. The number of thioether (sulfide) groups is 2. The largest absolute Gasteiger partial charge is 0.494 e. The lowest BCUT2D eigenvalue weighted by Crippen LogP contribution is -2.41. The Kier molecular flexibility index (Phi) is 9.94. The first kappa shape index (κ1) is 27.0. The Bertz CT molecular complexity index is 1200. The third kappa shape index (κ3) is 7.68. The van der Waals surface area contributed by atoms with E-state index in [1.165, 1.54) is 17.3 Å². The molecule has 0 aliphatic heterocycles. The van der Waals surface area contributed by atoms with E-state index < -0.39 is 10.0 Å². The molecular weight excluding hydrogens is 500 g/mol. The van der Waals surface area contributed by atoms with Gasteiger partial charge in [0.05, 0.1) is 17.2 Å². The number of ether oxygens (including phenoxy) is 1. The first-order chi connectivity index (χ1) is 16.8. The van der Waals surface area contributed by atoms with Crippen molar-refractivity contribution in [3.8, 4) is 5.75 Å². The van der Waals surface area contributed by atoms with Gasteiger partial charge in [0, 0.05) is 22.1 Å². The number of rotatable bonds is 12. The zero-order valence-electron chi connectivity index (χ0n) is 20.1. The van der Waals surface area contributed by atoms with Crippen LogP contribution in [0.4, 0.5) is 5.69 Å². The van der Waals surface area contributed by atoms with Crippen molar-refractivity contribution in [3.63, 3.8) is 0 Å². The average molecular weight is 531 g/mol. The number of hydrogen-bond donors (Lipinski definition) is 1. The highest BCUT2D eigenvalue weighted by molar-refractivity contribution is 7.99. The first-order valence-corrected chi connectivity index (χ1v) is 14.8. The molecule has 0 aromatic heterocycles. The van der Waals surface area contributed by atoms with Gasteiger partial charge in [-0.1, -0.05) is 17.7 Å². The predicted molar refractivity (Wildman–Crippen MR) is 145 cm³/mol. The molecule has 9 heteroatoms. The summed E-state index contributed by atoms with van der Waals surface area (Å²) in [5.41, 5.74) is 1.59. The fraction of sp³-hybridized carbons (Fsp3) is 0.269. The summed E-state index contributed by atoms with van der Waals surface area (Å²) in [5, 5.41) is 2.84. The standard InChI is InChI=1S/C26H30N2O4S3/c1-4-32-22-9-7-21(8-10-22)28(35(30,31)25-15-13-23(33-3)14-16-25)19-26(29)27-17-18-34-24-11-5-20(2)6-12-24/h5-16H,4,17-19H2,1-3H3,(H,27,29). The third-order valence-corrected chi connectivity index (χ3v) is 8.63. The third-order valence-electron chi connectivity index (χ3n) is 5.08. The van der Waals surface area contributed by atoms with Crippen LogP contribution >= 0.6 is 23.5 Å². The number of nitrogens with one attached hydrogen (secondary N) is 1. The highest BCUT2D eigenvalue weighted by atomic mass is 32.2. The van der Waals surface area contributed by atoms with Gasteiger partial charge in [-0.2, -0.15) is 0 Å². The maximum absolute atomic E-state index is 13.5. The predicted octanol–water partition coefficient (Wildman–Crippen LogP) is 5.22. The van der Waals surface area contributed by atoms with Gasteiger partial charge in [-0.15, -0.1) is 23.5 Å². The van der Waals surface area contributed by atoms with Gasteiger partial charge in [-0.3, -0.25) is 9.10 Å². The maximum Gasteiger partial charge on any atom is 0.264 e. The Labute approximate surface area is 216 Å². The van der Waals surface area contributed by atoms with Gasteiger partial charge in [0.15, 0.2) is 0 Å². The molecule has 0 saturated carbocycles. The van der Waals surface area contributed by atoms with E-state index in [4.69, 9.17) is 4.74 Å². The molecular formula is C26H30N2O4S3. The molecule has 0 fully saturated rings. The van der Waals surface area contributed by atoms with Crippen LogP contribution in [0.5, 0.6) is 5.75 Å². The summed E-state index contributed by atoms with van der Waals surface area (Å²) in [5.74, 6) is 0.948. The lowest BCUT2D eigenvalue weighted by atomic mass is 10.2. The van der Waals surface area contributed by atoms with Gasteiger partial charge >= 0.3 is 0 Å². The molecule has 0 unspecified atom stereocenters. The molecule has 0 radical (unpaired) electrons. The second-order valence-electron chi connectivity index (χ2n) is 7.63. The summed E-state index contributed by atoms with van der Waals surface area (Å²) in [7, 11) is -3.96. The molecule has 0 saturated heterocycles. The Morgan fingerprint density at radius 3 is 2.17 bits per heavy atom. The van der Waals surface area contributed by atoms with E-state index >= 15 is 0 Å². The fourth-order valence-corrected chi connectivity index (χ4v) is 5.84. The van der Waals surface area contributed by atoms with Crippen molar-refractivity contribution in [2.24, 2.45) is 0 Å². The van der Waals surface area contributed by atoms with E-state index in [1.807, 2.05) is 44.4 Å². The number of aryl methyl sites for hydroxylation is 1. The molecule has 3 rings (SSSR count). The summed E-state index contributed by atoms with van der Waals surface area (Å²) < 4.78 is 33.7. The zero-order chi connectivity index (χ0) is 25.3. The SMILES string of the molecule is CCOc1ccc(N(CC(=O)NCCSc2ccc(C)cc2)S(=O)(=O)c2ccc(SC)cc2)cc1. The Balaban J connectivity index is 1.73. The molecule has 186 valence electrons. The van der Waals surface area contributed by atoms with E-state index in [-0.39, 0.29) is 17.3 Å². The average Bonchev–Trinajstić information content (AvgIpc) is 2.87. The second kappa shape index (κ2) is 12.9. The van der Waals surface area contributed by atoms with Crippen molar-refractivity contribution in [2.45, 2.75) is 28.5 Å². The van der Waals surface area contributed by atoms with Gasteiger partial charge in [0.25, 0.3) is 10.0 Å². The van der Waals surface area contributed by atoms with Crippen LogP contribution < -0.4 is 14.4 Å². The Morgan fingerprint density at radius 2 is 1.57 bits per heavy atom. The van der Waals surface area contributed by atoms with Crippen molar-refractivity contribution < 1.29 is 17.9 Å². The number of carbonyl (C=O) groups excluding carboxylic acids is 1. The summed E-state index contributed by atoms with van der Waals surface area (Å²) in [4.78, 5) is 15.0. The van der Waals surface area contributed by atoms with Crippen LogP contribution in [0, 0.1) is 6.92 Å². The number of benzene rings is 3. The van der Waals surface area contributed by atoms with Crippen molar-refractivity contribution >= 4 is 45.1 Å². The number of nitrogens with zero attached hydrogens (tertiary/aromatic N) is 1. The van der Waals surface area contributed by atoms with E-state index in [0.717, 1.165) is 14.1 Å². The Hall–Kier alpha value is -2.62. The van der Waals surface area contributed by atoms with Gasteiger partial charge in [0.1, 0.15) is 12.3 Å². The van der Waals surface area contributed by atoms with Gasteiger partial charge in [-0.05, 0) is 80.8 Å². The van der Waals surface area contributed by atoms with Crippen LogP contribution in [0.3, 0.4) is 0 Å². The van der Waals surface area contributed by atoms with Crippen LogP contribution in [-0.2, 0) is 14.8 Å². The molecule has 6 nitrogen and oxygen atoms in total. The molecule has 3 aromatic carbocycles. The number of anilines is 1. The minimum Gasteiger partial charge on any atom is -0.494 e. The first-order valence-electron chi connectivity index (χ1n) is 11.2. The smallest absolute Gasteiger partial charge is 0.264 e. The highest BCUT2D eigenvalue weighted by Gasteiger charge is 2.27. The van der Waals surface area contributed by atoms with Crippen LogP contribution in [0.2, 0.25) is 0 Å². The summed E-state index contributed by atoms with van der Waals surface area (Å²) in [6.07, 6.45) is 1.93. The Morgan fingerprint density at radius 1 is 0.943 bits per heavy atom. The number of sulfonamides is 1. The van der Waals surface area contributed by atoms with Crippen LogP contribution in [0.25, 0.3) is 0 Å². The number of carbonyl (C=O) groups is 1. The van der Waals surface area contributed by atoms with Crippen LogP contribution in [0.15, 0.2) is 87.5 Å². The minimum absolute atomic E-state index is 0.131. The topological polar surface area (TPSA) is 75.7 Å². The molecule has 35 heavy (non-hydrogen) atoms. The summed E-state index contributed by atoms with van der Waals surface area (Å²) >= 11 is 3.17. The summed E-state index contributed by atoms with van der Waals surface area (Å²) in [6, 6.07) is 21.6. The molecule has 1 amide bonds. The lowest BCUT2D eigenvalue weighted by Gasteiger charge is -2.24. The van der Waals surface area contributed by atoms with Crippen molar-refractivity contribution in [1.29, 1.82) is 0 Å². The van der Waals surface area contributed by atoms with Crippen molar-refractivity contribution in [1.82, 2.24) is 5.32 Å². The molecule has 3 aromatic rings. The molecule has 0 spiro atoms. The number of hydrogen-bond acceptors (Lipinski definition) is 6. The normalized spacial score (nSPS) is 11.2.